The lowest BCUT2D eigenvalue weighted by molar-refractivity contribution is 0.384. The van der Waals surface area contributed by atoms with E-state index in [2.05, 4.69) is 218 Å². The smallest absolute Gasteiger partial charge is 0.412 e. The summed E-state index contributed by atoms with van der Waals surface area (Å²) >= 11 is 0. The molecule has 84 heavy (non-hydrogen) atoms. The number of hydrogen-bond acceptors (Lipinski definition) is 6. The summed E-state index contributed by atoms with van der Waals surface area (Å²) < 4.78 is 61.3. The van der Waals surface area contributed by atoms with Crippen LogP contribution in [0.2, 0.25) is 0 Å². The molecule has 0 fully saturated rings. The van der Waals surface area contributed by atoms with Crippen molar-refractivity contribution in [3.63, 3.8) is 0 Å². The minimum atomic E-state index is -4.23. The molecule has 458 valence electrons. The highest BCUT2D eigenvalue weighted by Gasteiger charge is 2.41. The van der Waals surface area contributed by atoms with E-state index in [-0.39, 0.29) is 43.3 Å². The number of hydrogen-bond donors (Lipinski definition) is 0. The average Bonchev–Trinajstić information content (AvgIpc) is 1.03. The molecule has 6 aromatic rings. The molecule has 0 saturated carbocycles. The molecule has 0 atom stereocenters. The largest absolute Gasteiger partial charge is 0.462 e. The lowest BCUT2D eigenvalue weighted by Crippen LogP contribution is -2.25. The third-order valence-corrected chi connectivity index (χ3v) is 19.9. The first-order valence-corrected chi connectivity index (χ1v) is 34.2. The maximum Gasteiger partial charge on any atom is 0.462 e. The van der Waals surface area contributed by atoms with Gasteiger partial charge in [0.05, 0.1) is 10.6 Å². The summed E-state index contributed by atoms with van der Waals surface area (Å²) in [7, 11) is -8.46. The van der Waals surface area contributed by atoms with Crippen molar-refractivity contribution in [1.82, 2.24) is 0 Å². The van der Waals surface area contributed by atoms with Gasteiger partial charge in [-0.05, 0) is 173 Å². The Morgan fingerprint density at radius 3 is 0.583 bits per heavy atom. The molecule has 0 bridgehead atoms. The van der Waals surface area contributed by atoms with Crippen molar-refractivity contribution in [3.05, 3.63) is 164 Å². The molecule has 0 amide bonds. The van der Waals surface area contributed by atoms with Gasteiger partial charge >= 0.3 is 15.2 Å². The first-order chi connectivity index (χ1) is 38.3. The van der Waals surface area contributed by atoms with E-state index < -0.39 is 15.2 Å². The van der Waals surface area contributed by atoms with Gasteiger partial charge in [0.1, 0.15) is 23.0 Å². The topological polar surface area (TPSA) is 71.1 Å². The van der Waals surface area contributed by atoms with E-state index in [9.17, 15) is 0 Å². The molecule has 8 heteroatoms. The second kappa shape index (κ2) is 23.9. The molecule has 6 rings (SSSR count). The van der Waals surface area contributed by atoms with E-state index in [0.717, 1.165) is 59.1 Å². The van der Waals surface area contributed by atoms with Gasteiger partial charge in [-0.2, -0.15) is 0 Å². The second-order valence-electron chi connectivity index (χ2n) is 31.7. The van der Waals surface area contributed by atoms with Crippen molar-refractivity contribution >= 4 is 25.8 Å². The van der Waals surface area contributed by atoms with E-state index in [1.807, 2.05) is 72.8 Å². The fraction of sp³-hybridized carbons (Fsp3) is 0.526. The summed E-state index contributed by atoms with van der Waals surface area (Å²) in [6, 6.07) is 32.0. The molecule has 0 unspecified atom stereocenters. The fourth-order valence-corrected chi connectivity index (χ4v) is 16.0. The van der Waals surface area contributed by atoms with Crippen LogP contribution < -0.4 is 28.7 Å². The molecule has 0 saturated heterocycles. The molecule has 0 heterocycles. The zero-order valence-corrected chi connectivity index (χ0v) is 59.2. The first kappa shape index (κ1) is 68.1. The average molecular weight is 1180 g/mol. The van der Waals surface area contributed by atoms with Gasteiger partial charge in [0.2, 0.25) is 0 Å². The minimum Gasteiger partial charge on any atom is -0.412 e. The van der Waals surface area contributed by atoms with Crippen LogP contribution in [-0.2, 0) is 78.1 Å². The van der Waals surface area contributed by atoms with Crippen LogP contribution in [0.4, 0.5) is 0 Å². The molecule has 6 aromatic carbocycles. The fourth-order valence-electron chi connectivity index (χ4n) is 12.8. The summed E-state index contributed by atoms with van der Waals surface area (Å²) in [5.41, 5.74) is 13.7. The molecular weight excluding hydrogens is 1070 g/mol. The van der Waals surface area contributed by atoms with Gasteiger partial charge in [-0.15, -0.1) is 0 Å². The Morgan fingerprint density at radius 2 is 0.440 bits per heavy atom. The van der Waals surface area contributed by atoms with E-state index >= 15 is 9.13 Å². The molecular formula is C76H108O6P2. The van der Waals surface area contributed by atoms with Crippen LogP contribution in [0.3, 0.4) is 0 Å². The highest BCUT2D eigenvalue weighted by molar-refractivity contribution is 7.63. The van der Waals surface area contributed by atoms with Crippen molar-refractivity contribution in [1.29, 1.82) is 0 Å². The van der Waals surface area contributed by atoms with Crippen molar-refractivity contribution in [2.24, 2.45) is 0 Å². The quantitative estimate of drug-likeness (QED) is 0.0954. The summed E-state index contributed by atoms with van der Waals surface area (Å²) in [6.45, 7) is 62.1. The van der Waals surface area contributed by atoms with Crippen molar-refractivity contribution in [3.8, 4) is 34.1 Å². The third-order valence-electron chi connectivity index (χ3n) is 16.3. The van der Waals surface area contributed by atoms with Crippen molar-refractivity contribution < 1.29 is 27.2 Å². The van der Waals surface area contributed by atoms with Crippen LogP contribution in [0.5, 0.6) is 23.0 Å². The van der Waals surface area contributed by atoms with Crippen LogP contribution in [0.1, 0.15) is 261 Å². The van der Waals surface area contributed by atoms with E-state index in [0.29, 0.717) is 33.6 Å². The van der Waals surface area contributed by atoms with Crippen LogP contribution in [0, 0.1) is 0 Å². The predicted octanol–water partition coefficient (Wildman–Crippen LogP) is 21.9. The van der Waals surface area contributed by atoms with Gasteiger partial charge < -0.3 is 18.1 Å². The van der Waals surface area contributed by atoms with Crippen LogP contribution in [0.15, 0.2) is 97.1 Å². The van der Waals surface area contributed by atoms with Gasteiger partial charge in [0.15, 0.2) is 0 Å². The molecule has 0 aliphatic heterocycles. The molecule has 0 N–H and O–H groups in total. The summed E-state index contributed by atoms with van der Waals surface area (Å²) in [5, 5.41) is 0.865. The molecule has 0 spiro atoms. The maximum atomic E-state index is 16.5. The summed E-state index contributed by atoms with van der Waals surface area (Å²) in [6.07, 6.45) is 3.15. The highest BCUT2D eigenvalue weighted by Crippen LogP contribution is 2.56. The lowest BCUT2D eigenvalue weighted by Gasteiger charge is -2.34. The maximum absolute atomic E-state index is 16.5. The summed E-state index contributed by atoms with van der Waals surface area (Å²) in [5.74, 6) is 2.22. The molecule has 0 aliphatic carbocycles. The second-order valence-corrected chi connectivity index (χ2v) is 35.5. The van der Waals surface area contributed by atoms with Crippen LogP contribution in [0.25, 0.3) is 11.1 Å². The lowest BCUT2D eigenvalue weighted by atomic mass is 9.75. The van der Waals surface area contributed by atoms with Gasteiger partial charge in [-0.1, -0.05) is 242 Å². The zero-order chi connectivity index (χ0) is 63.5. The SMILES string of the molecule is CCc1c(C(C)(C)C)ccc(OP(=O)(Oc2ccc(C(C)(C)C)c(CC)c2C(C)(C)C)c2ccc(-c3ccc(P(=O)(Oc4ccc(C(C)(C)C)c(CC)c4C(C)(C)C)Oc4ccc(C(C)(C)C)c(CC)c4C(C)(C)C)cc3)cc2)c1C(C)(C)C. The van der Waals surface area contributed by atoms with Gasteiger partial charge in [0, 0.05) is 22.3 Å². The Bertz CT molecular complexity index is 3020. The van der Waals surface area contributed by atoms with E-state index in [1.165, 1.54) is 44.5 Å². The van der Waals surface area contributed by atoms with Crippen molar-refractivity contribution in [2.75, 3.05) is 0 Å². The highest BCUT2D eigenvalue weighted by atomic mass is 31.2. The Balaban J connectivity index is 1.56. The summed E-state index contributed by atoms with van der Waals surface area (Å²) in [4.78, 5) is 0. The Hall–Kier alpha value is -5.02. The normalized spacial score (nSPS) is 13.5. The van der Waals surface area contributed by atoms with E-state index in [4.69, 9.17) is 18.1 Å². The Morgan fingerprint density at radius 1 is 0.262 bits per heavy atom. The molecule has 6 nitrogen and oxygen atoms in total. The zero-order valence-electron chi connectivity index (χ0n) is 57.4. The Labute approximate surface area is 511 Å². The van der Waals surface area contributed by atoms with Crippen molar-refractivity contribution in [2.45, 2.75) is 263 Å². The monoisotopic (exact) mass is 1180 g/mol. The van der Waals surface area contributed by atoms with E-state index in [1.54, 1.807) is 0 Å². The molecule has 0 aliphatic rings. The van der Waals surface area contributed by atoms with Gasteiger partial charge in [-0.3, -0.25) is 0 Å². The first-order valence-electron chi connectivity index (χ1n) is 31.1. The van der Waals surface area contributed by atoms with Crippen LogP contribution >= 0.6 is 15.2 Å². The van der Waals surface area contributed by atoms with Gasteiger partial charge in [-0.25, -0.2) is 9.13 Å². The van der Waals surface area contributed by atoms with Gasteiger partial charge in [0.25, 0.3) is 0 Å². The van der Waals surface area contributed by atoms with Crippen LogP contribution in [-0.4, -0.2) is 0 Å². The minimum absolute atomic E-state index is 0.123. The number of rotatable bonds is 15. The molecule has 0 aromatic heterocycles. The standard InChI is InChI=1S/C76H108O6P2/c1-29-53-57(69(5,6)7)41-45-61(65(53)73(17,18)19)79-83(77,80-62-46-42-58(70(8,9)10)54(30-2)66(62)74(20,21)22)51-37-33-49(34-38-51)50-35-39-52(40-36-50)84(78,81-63-47-43-59(71(11,12)13)55(31-3)67(63)75(23,24)25)82-64-48-44-60(72(14,15)16)56(32-4)68(64)76(26,27)28/h33-48H,29-32H2,1-28H3. The Kier molecular flexibility index (Phi) is 19.4. The number of benzene rings is 6. The predicted molar refractivity (Wildman–Crippen MR) is 362 cm³/mol. The molecule has 0 radical (unpaired) electrons. The third kappa shape index (κ3) is 14.5.